The van der Waals surface area contributed by atoms with Crippen LogP contribution in [-0.2, 0) is 6.42 Å². The Balaban J connectivity index is 1.39. The summed E-state index contributed by atoms with van der Waals surface area (Å²) in [5, 5.41) is 20.5. The number of hydrogen-bond donors (Lipinski definition) is 2. The van der Waals surface area contributed by atoms with E-state index in [0.717, 1.165) is 17.4 Å². The lowest BCUT2D eigenvalue weighted by Crippen LogP contribution is -2.36. The van der Waals surface area contributed by atoms with Crippen LogP contribution in [0.1, 0.15) is 35.8 Å². The number of ketones is 1. The molecule has 1 aliphatic heterocycles. The Morgan fingerprint density at radius 3 is 2.87 bits per heavy atom. The summed E-state index contributed by atoms with van der Waals surface area (Å²) in [4.78, 5) is 18.1. The molecule has 1 aromatic carbocycles. The number of Topliss-reactive ketones (excluding diaryl/α,β-unsaturated/α-hetero) is 1. The van der Waals surface area contributed by atoms with Gasteiger partial charge in [-0.2, -0.15) is 4.39 Å². The summed E-state index contributed by atoms with van der Waals surface area (Å²) in [6.07, 6.45) is 1.92. The largest absolute Gasteiger partial charge is 0.504 e. The van der Waals surface area contributed by atoms with Gasteiger partial charge in [-0.25, -0.2) is 4.98 Å². The van der Waals surface area contributed by atoms with Crippen molar-refractivity contribution in [2.75, 3.05) is 26.7 Å². The normalized spacial score (nSPS) is 28.5. The highest BCUT2D eigenvalue weighted by molar-refractivity contribution is 5.95. The molecule has 4 rings (SSSR count). The monoisotopic (exact) mass is 414 g/mol. The van der Waals surface area contributed by atoms with Gasteiger partial charge in [-0.3, -0.25) is 9.69 Å². The van der Waals surface area contributed by atoms with E-state index < -0.39 is 17.3 Å². The molecule has 3 atom stereocenters. The number of hydrogen-bond acceptors (Lipinski definition) is 6. The Kier molecular flexibility index (Phi) is 5.28. The maximum Gasteiger partial charge on any atom is 0.255 e. The van der Waals surface area contributed by atoms with Gasteiger partial charge in [0.05, 0.1) is 19.3 Å². The van der Waals surface area contributed by atoms with Crippen LogP contribution < -0.4 is 4.74 Å². The molecule has 1 saturated carbocycles. The van der Waals surface area contributed by atoms with Crippen LogP contribution in [0.4, 0.5) is 4.39 Å². The molecular weight excluding hydrogens is 387 g/mol. The van der Waals surface area contributed by atoms with Gasteiger partial charge in [0.1, 0.15) is 11.4 Å². The minimum absolute atomic E-state index is 0.0158. The van der Waals surface area contributed by atoms with Crippen LogP contribution >= 0.6 is 0 Å². The second kappa shape index (κ2) is 7.63. The predicted octanol–water partition coefficient (Wildman–Crippen LogP) is 2.82. The third-order valence-corrected chi connectivity index (χ3v) is 6.56. The van der Waals surface area contributed by atoms with Crippen molar-refractivity contribution in [1.29, 1.82) is 0 Å². The van der Waals surface area contributed by atoms with Gasteiger partial charge in [0.25, 0.3) is 5.95 Å². The van der Waals surface area contributed by atoms with Gasteiger partial charge >= 0.3 is 0 Å². The first kappa shape index (κ1) is 20.8. The van der Waals surface area contributed by atoms with Crippen LogP contribution in [0.15, 0.2) is 36.4 Å². The summed E-state index contributed by atoms with van der Waals surface area (Å²) >= 11 is 0. The first-order valence-corrected chi connectivity index (χ1v) is 10.2. The molecule has 2 aliphatic rings. The van der Waals surface area contributed by atoms with Gasteiger partial charge in [-0.1, -0.05) is 19.1 Å². The van der Waals surface area contributed by atoms with E-state index in [1.54, 1.807) is 7.11 Å². The van der Waals surface area contributed by atoms with E-state index in [0.29, 0.717) is 32.4 Å². The quantitative estimate of drug-likeness (QED) is 0.559. The van der Waals surface area contributed by atoms with Crippen LogP contribution in [0.5, 0.6) is 11.5 Å². The highest BCUT2D eigenvalue weighted by atomic mass is 19.1. The molecule has 2 fully saturated rings. The summed E-state index contributed by atoms with van der Waals surface area (Å²) in [5.74, 6) is -0.808. The molecular formula is C23H27FN2O4. The summed E-state index contributed by atoms with van der Waals surface area (Å²) in [5.41, 5.74) is 0.209. The lowest BCUT2D eigenvalue weighted by molar-refractivity contribution is 0.0291. The first-order valence-electron chi connectivity index (χ1n) is 10.2. The van der Waals surface area contributed by atoms with Crippen molar-refractivity contribution in [3.8, 4) is 11.5 Å². The van der Waals surface area contributed by atoms with Crippen molar-refractivity contribution in [3.05, 3.63) is 53.6 Å². The van der Waals surface area contributed by atoms with Crippen molar-refractivity contribution in [2.45, 2.75) is 31.8 Å². The third-order valence-electron chi connectivity index (χ3n) is 6.56. The van der Waals surface area contributed by atoms with Gasteiger partial charge in [0.15, 0.2) is 11.5 Å². The average molecular weight is 414 g/mol. The number of carbonyl (C=O) groups is 1. The minimum Gasteiger partial charge on any atom is -0.504 e. The number of nitrogens with zero attached hydrogens (tertiary/aromatic N) is 2. The Bertz CT molecular complexity index is 968. The van der Waals surface area contributed by atoms with Crippen LogP contribution in [-0.4, -0.2) is 58.2 Å². The lowest BCUT2D eigenvalue weighted by atomic mass is 9.82. The Labute approximate surface area is 175 Å². The molecule has 0 bridgehead atoms. The van der Waals surface area contributed by atoms with E-state index in [9.17, 15) is 19.4 Å². The first-order chi connectivity index (χ1) is 14.2. The van der Waals surface area contributed by atoms with E-state index in [4.69, 9.17) is 4.74 Å². The standard InChI is InChI=1S/C23H27FN2O4/c1-22-13-23(29,9-15-4-3-5-17(8-15)30-2)10-16(22)11-26(14-22)12-20(28)18-6-7-19(27)21(24)25-18/h3-8,16,27,29H,9-14H2,1-2H3/t16-,22+,23-/m1/s1. The molecule has 0 amide bonds. The second-order valence-corrected chi connectivity index (χ2v) is 9.08. The second-order valence-electron chi connectivity index (χ2n) is 9.08. The minimum atomic E-state index is -1.03. The SMILES string of the molecule is COc1cccc(C[C@@]2(O)C[C@@H]3CN(CC(=O)c4ccc(O)c(F)n4)C[C@]3(C)C2)c1. The van der Waals surface area contributed by atoms with Crippen LogP contribution in [0, 0.1) is 17.3 Å². The maximum absolute atomic E-state index is 13.5. The Morgan fingerprint density at radius 2 is 2.17 bits per heavy atom. The van der Waals surface area contributed by atoms with Crippen LogP contribution in [0.2, 0.25) is 0 Å². The molecule has 160 valence electrons. The fourth-order valence-electron chi connectivity index (χ4n) is 5.31. The van der Waals surface area contributed by atoms with Crippen LogP contribution in [0.25, 0.3) is 0 Å². The summed E-state index contributed by atoms with van der Waals surface area (Å²) < 4.78 is 18.7. The highest BCUT2D eigenvalue weighted by Gasteiger charge is 2.55. The van der Waals surface area contributed by atoms with Crippen molar-refractivity contribution in [1.82, 2.24) is 9.88 Å². The van der Waals surface area contributed by atoms with Gasteiger partial charge in [0, 0.05) is 19.5 Å². The van der Waals surface area contributed by atoms with E-state index in [-0.39, 0.29) is 29.4 Å². The topological polar surface area (TPSA) is 82.9 Å². The van der Waals surface area contributed by atoms with E-state index in [2.05, 4.69) is 16.8 Å². The number of aromatic nitrogens is 1. The van der Waals surface area contributed by atoms with Crippen molar-refractivity contribution in [2.24, 2.45) is 11.3 Å². The number of pyridine rings is 1. The smallest absolute Gasteiger partial charge is 0.255 e. The number of halogens is 1. The van der Waals surface area contributed by atoms with Crippen molar-refractivity contribution >= 4 is 5.78 Å². The Hall–Kier alpha value is -2.51. The van der Waals surface area contributed by atoms with E-state index in [1.165, 1.54) is 6.07 Å². The fourth-order valence-corrected chi connectivity index (χ4v) is 5.31. The molecule has 0 spiro atoms. The number of likely N-dealkylation sites (tertiary alicyclic amines) is 1. The van der Waals surface area contributed by atoms with Crippen LogP contribution in [0.3, 0.4) is 0 Å². The predicted molar refractivity (Wildman–Crippen MR) is 109 cm³/mol. The van der Waals surface area contributed by atoms with E-state index >= 15 is 0 Å². The average Bonchev–Trinajstić information content (AvgIpc) is 3.09. The summed E-state index contributed by atoms with van der Waals surface area (Å²) in [6, 6.07) is 10.3. The highest BCUT2D eigenvalue weighted by Crippen LogP contribution is 2.53. The number of benzene rings is 1. The number of ether oxygens (including phenoxy) is 1. The molecule has 1 saturated heterocycles. The summed E-state index contributed by atoms with van der Waals surface area (Å²) in [6.45, 7) is 3.73. The van der Waals surface area contributed by atoms with Gasteiger partial charge in [-0.05, 0) is 54.0 Å². The third kappa shape index (κ3) is 4.04. The Morgan fingerprint density at radius 1 is 1.37 bits per heavy atom. The number of carbonyl (C=O) groups excluding carboxylic acids is 1. The maximum atomic E-state index is 13.5. The molecule has 2 N–H and O–H groups in total. The van der Waals surface area contributed by atoms with Gasteiger partial charge < -0.3 is 14.9 Å². The molecule has 2 heterocycles. The fraction of sp³-hybridized carbons (Fsp3) is 0.478. The molecule has 0 radical (unpaired) electrons. The zero-order valence-corrected chi connectivity index (χ0v) is 17.3. The van der Waals surface area contributed by atoms with Crippen molar-refractivity contribution in [3.63, 3.8) is 0 Å². The molecule has 2 aromatic rings. The number of aromatic hydroxyl groups is 1. The molecule has 1 aromatic heterocycles. The molecule has 30 heavy (non-hydrogen) atoms. The molecule has 7 heteroatoms. The molecule has 1 aliphatic carbocycles. The number of methoxy groups -OCH3 is 1. The number of fused-ring (bicyclic) bond motifs is 1. The van der Waals surface area contributed by atoms with Gasteiger partial charge in [0.2, 0.25) is 0 Å². The van der Waals surface area contributed by atoms with Crippen molar-refractivity contribution < 1.29 is 24.1 Å². The molecule has 6 nitrogen and oxygen atoms in total. The summed E-state index contributed by atoms with van der Waals surface area (Å²) in [7, 11) is 1.63. The zero-order valence-electron chi connectivity index (χ0n) is 17.3. The molecule has 0 unspecified atom stereocenters. The lowest BCUT2D eigenvalue weighted by Gasteiger charge is -2.29. The number of rotatable bonds is 6. The van der Waals surface area contributed by atoms with Gasteiger partial charge in [-0.15, -0.1) is 0 Å². The van der Waals surface area contributed by atoms with E-state index in [1.807, 2.05) is 24.3 Å². The number of aliphatic hydroxyl groups is 1. The zero-order chi connectivity index (χ0) is 21.5.